The molecule has 0 aromatic heterocycles. The van der Waals surface area contributed by atoms with Crippen LogP contribution >= 0.6 is 15.9 Å². The lowest BCUT2D eigenvalue weighted by atomic mass is 10.2. The van der Waals surface area contributed by atoms with Gasteiger partial charge in [0.1, 0.15) is 0 Å². The van der Waals surface area contributed by atoms with Crippen molar-refractivity contribution < 1.29 is 0 Å². The van der Waals surface area contributed by atoms with Gasteiger partial charge in [0.05, 0.1) is 0 Å². The number of hydrogen-bond acceptors (Lipinski definition) is 0. The molecule has 0 saturated carbocycles. The Morgan fingerprint density at radius 2 is 2.22 bits per heavy atom. The van der Waals surface area contributed by atoms with Gasteiger partial charge in [-0.3, -0.25) is 0 Å². The van der Waals surface area contributed by atoms with E-state index in [1.807, 2.05) is 12.2 Å². The lowest BCUT2D eigenvalue weighted by Crippen LogP contribution is -1.74. The second-order valence-electron chi connectivity index (χ2n) is 1.69. The summed E-state index contributed by atoms with van der Waals surface area (Å²) in [6.45, 7) is 7.37. The van der Waals surface area contributed by atoms with Gasteiger partial charge in [-0.1, -0.05) is 52.9 Å². The molecule has 0 aliphatic rings. The lowest BCUT2D eigenvalue weighted by Gasteiger charge is -1.90. The zero-order valence-electron chi connectivity index (χ0n) is 5.44. The topological polar surface area (TPSA) is 0 Å². The predicted octanol–water partition coefficient (Wildman–Crippen LogP) is 3.07. The van der Waals surface area contributed by atoms with Crippen molar-refractivity contribution in [3.8, 4) is 0 Å². The van der Waals surface area contributed by atoms with Gasteiger partial charge in [0.15, 0.2) is 0 Å². The smallest absolute Gasteiger partial charge is 0.00715 e. The van der Waals surface area contributed by atoms with E-state index in [2.05, 4.69) is 29.1 Å². The van der Waals surface area contributed by atoms with Crippen LogP contribution in [-0.4, -0.2) is 5.33 Å². The fourth-order valence-electron chi connectivity index (χ4n) is 0.409. The molecule has 0 bridgehead atoms. The fraction of sp³-hybridized carbons (Fsp3) is 0.250. The van der Waals surface area contributed by atoms with Crippen molar-refractivity contribution >= 4 is 15.9 Å². The van der Waals surface area contributed by atoms with Crippen LogP contribution in [0.15, 0.2) is 37.0 Å². The van der Waals surface area contributed by atoms with Crippen LogP contribution in [0.25, 0.3) is 0 Å². The third kappa shape index (κ3) is 5.57. The van der Waals surface area contributed by atoms with Crippen molar-refractivity contribution in [2.75, 3.05) is 5.33 Å². The van der Waals surface area contributed by atoms with E-state index in [0.717, 1.165) is 17.3 Å². The summed E-state index contributed by atoms with van der Waals surface area (Å²) in [6.07, 6.45) is 6.61. The first-order valence-electron chi connectivity index (χ1n) is 2.84. The van der Waals surface area contributed by atoms with Crippen LogP contribution in [0.5, 0.6) is 0 Å². The van der Waals surface area contributed by atoms with Crippen molar-refractivity contribution in [2.45, 2.75) is 6.42 Å². The summed E-state index contributed by atoms with van der Waals surface area (Å²) in [7, 11) is 0. The van der Waals surface area contributed by atoms with Crippen LogP contribution in [0.4, 0.5) is 0 Å². The molecule has 0 rings (SSSR count). The van der Waals surface area contributed by atoms with Crippen LogP contribution in [0.3, 0.4) is 0 Å². The van der Waals surface area contributed by atoms with Gasteiger partial charge in [0.25, 0.3) is 0 Å². The van der Waals surface area contributed by atoms with Gasteiger partial charge in [0.2, 0.25) is 0 Å². The van der Waals surface area contributed by atoms with Gasteiger partial charge in [0, 0.05) is 5.33 Å². The van der Waals surface area contributed by atoms with E-state index in [9.17, 15) is 0 Å². The average molecular weight is 187 g/mol. The Morgan fingerprint density at radius 1 is 1.56 bits per heavy atom. The molecule has 0 atom stereocenters. The highest BCUT2D eigenvalue weighted by molar-refractivity contribution is 9.09. The van der Waals surface area contributed by atoms with E-state index in [1.165, 1.54) is 0 Å². The number of allylic oxidation sites excluding steroid dienone is 4. The highest BCUT2D eigenvalue weighted by Gasteiger charge is 1.82. The number of rotatable bonds is 4. The van der Waals surface area contributed by atoms with Crippen molar-refractivity contribution in [1.82, 2.24) is 0 Å². The quantitative estimate of drug-likeness (QED) is 0.468. The monoisotopic (exact) mass is 186 g/mol. The first-order chi connectivity index (χ1) is 4.31. The van der Waals surface area contributed by atoms with Crippen LogP contribution in [-0.2, 0) is 0 Å². The lowest BCUT2D eigenvalue weighted by molar-refractivity contribution is 1.19. The summed E-state index contributed by atoms with van der Waals surface area (Å²) in [5.74, 6) is 0. The molecule has 0 unspecified atom stereocenters. The molecule has 0 fully saturated rings. The van der Waals surface area contributed by atoms with E-state index >= 15 is 0 Å². The average Bonchev–Trinajstić information content (AvgIpc) is 1.85. The molecule has 0 aliphatic carbocycles. The molecule has 50 valence electrons. The minimum Gasteiger partial charge on any atom is -0.0991 e. The largest absolute Gasteiger partial charge is 0.0991 e. The van der Waals surface area contributed by atoms with Crippen molar-refractivity contribution in [3.63, 3.8) is 0 Å². The number of hydrogen-bond donors (Lipinski definition) is 0. The van der Waals surface area contributed by atoms with Gasteiger partial charge in [-0.25, -0.2) is 0 Å². The summed E-state index contributed by atoms with van der Waals surface area (Å²) >= 11 is 3.32. The number of alkyl halides is 1. The molecule has 0 nitrogen and oxygen atoms in total. The zero-order chi connectivity index (χ0) is 7.11. The molecule has 0 aromatic carbocycles. The normalized spacial score (nSPS) is 9.89. The summed E-state index contributed by atoms with van der Waals surface area (Å²) in [4.78, 5) is 0. The Kier molecular flexibility index (Phi) is 5.64. The molecule has 0 aromatic rings. The first kappa shape index (κ1) is 8.70. The maximum absolute atomic E-state index is 3.82. The first-order valence-corrected chi connectivity index (χ1v) is 3.96. The summed E-state index contributed by atoms with van der Waals surface area (Å²) in [5, 5.41) is 0.979. The molecule has 0 spiro atoms. The standard InChI is InChI=1S/C8H11Br/c1-3-4-5-8(2)6-7-9/h3-5H,1-2,6-7H2/b5-4-. The maximum Gasteiger partial charge on any atom is 0.00715 e. The third-order valence-corrected chi connectivity index (χ3v) is 1.28. The summed E-state index contributed by atoms with van der Waals surface area (Å²) < 4.78 is 0. The molecule has 1 heteroatoms. The molecule has 0 amide bonds. The van der Waals surface area contributed by atoms with E-state index in [1.54, 1.807) is 6.08 Å². The Bertz CT molecular complexity index is 123. The van der Waals surface area contributed by atoms with Crippen molar-refractivity contribution in [3.05, 3.63) is 37.0 Å². The molecular weight excluding hydrogens is 176 g/mol. The Morgan fingerprint density at radius 3 is 2.67 bits per heavy atom. The van der Waals surface area contributed by atoms with Crippen LogP contribution in [0, 0.1) is 0 Å². The molecule has 0 radical (unpaired) electrons. The van der Waals surface area contributed by atoms with E-state index in [0.29, 0.717) is 0 Å². The fourth-order valence-corrected chi connectivity index (χ4v) is 0.918. The van der Waals surface area contributed by atoms with Gasteiger partial charge < -0.3 is 0 Å². The zero-order valence-corrected chi connectivity index (χ0v) is 7.02. The molecular formula is C8H11Br. The van der Waals surface area contributed by atoms with Gasteiger partial charge in [-0.2, -0.15) is 0 Å². The number of halogens is 1. The van der Waals surface area contributed by atoms with Gasteiger partial charge in [-0.15, -0.1) is 0 Å². The highest BCUT2D eigenvalue weighted by atomic mass is 79.9. The van der Waals surface area contributed by atoms with Crippen LogP contribution in [0.1, 0.15) is 6.42 Å². The van der Waals surface area contributed by atoms with Gasteiger partial charge in [-0.05, 0) is 6.42 Å². The molecule has 0 aliphatic heterocycles. The van der Waals surface area contributed by atoms with E-state index < -0.39 is 0 Å². The Hall–Kier alpha value is -0.300. The second-order valence-corrected chi connectivity index (χ2v) is 2.49. The van der Waals surface area contributed by atoms with Gasteiger partial charge >= 0.3 is 0 Å². The SMILES string of the molecule is C=C/C=C\C(=C)CCBr. The van der Waals surface area contributed by atoms with Crippen molar-refractivity contribution in [1.29, 1.82) is 0 Å². The molecule has 0 saturated heterocycles. The maximum atomic E-state index is 3.82. The van der Waals surface area contributed by atoms with E-state index in [-0.39, 0.29) is 0 Å². The minimum atomic E-state index is 0.979. The van der Waals surface area contributed by atoms with E-state index in [4.69, 9.17) is 0 Å². The molecule has 0 heterocycles. The summed E-state index contributed by atoms with van der Waals surface area (Å²) in [6, 6.07) is 0. The second kappa shape index (κ2) is 5.83. The molecule has 9 heavy (non-hydrogen) atoms. The third-order valence-electron chi connectivity index (χ3n) is 0.884. The minimum absolute atomic E-state index is 0.979. The Balaban J connectivity index is 3.49. The van der Waals surface area contributed by atoms with Crippen LogP contribution in [0.2, 0.25) is 0 Å². The highest BCUT2D eigenvalue weighted by Crippen LogP contribution is 2.01. The predicted molar refractivity (Wildman–Crippen MR) is 46.9 cm³/mol. The van der Waals surface area contributed by atoms with Crippen molar-refractivity contribution in [2.24, 2.45) is 0 Å². The molecule has 0 N–H and O–H groups in total. The summed E-state index contributed by atoms with van der Waals surface area (Å²) in [5.41, 5.74) is 1.13. The Labute approximate surface area is 65.1 Å². The van der Waals surface area contributed by atoms with Crippen LogP contribution < -0.4 is 0 Å².